The van der Waals surface area contributed by atoms with Gasteiger partial charge in [-0.25, -0.2) is 9.78 Å². The molecule has 0 aliphatic rings. The number of hydrogen-bond acceptors (Lipinski definition) is 4. The van der Waals surface area contributed by atoms with E-state index in [1.807, 2.05) is 25.1 Å². The van der Waals surface area contributed by atoms with E-state index in [1.165, 1.54) is 16.7 Å². The Morgan fingerprint density at radius 2 is 2.29 bits per heavy atom. The number of nitrogens with one attached hydrogen (secondary N) is 1. The maximum Gasteiger partial charge on any atom is 0.355 e. The molecule has 0 saturated heterocycles. The number of thiazole rings is 1. The van der Waals surface area contributed by atoms with E-state index in [2.05, 4.69) is 26.2 Å². The molecule has 0 atom stereocenters. The zero-order valence-electron chi connectivity index (χ0n) is 8.90. The molecule has 0 unspecified atom stereocenters. The molecular formula is C11H9BrN2O2S. The minimum atomic E-state index is -1.01. The van der Waals surface area contributed by atoms with Gasteiger partial charge in [0.25, 0.3) is 0 Å². The summed E-state index contributed by atoms with van der Waals surface area (Å²) in [6.07, 6.45) is 0. The molecule has 1 heterocycles. The average molecular weight is 313 g/mol. The summed E-state index contributed by atoms with van der Waals surface area (Å²) < 4.78 is 0.959. The second-order valence-corrected chi connectivity index (χ2v) is 5.20. The molecule has 0 radical (unpaired) electrons. The minimum absolute atomic E-state index is 0.0603. The molecule has 1 aromatic heterocycles. The first-order valence-electron chi connectivity index (χ1n) is 4.78. The van der Waals surface area contributed by atoms with E-state index in [4.69, 9.17) is 5.11 Å². The number of halogens is 1. The van der Waals surface area contributed by atoms with Crippen molar-refractivity contribution in [1.82, 2.24) is 4.98 Å². The molecule has 1 aromatic carbocycles. The summed E-state index contributed by atoms with van der Waals surface area (Å²) in [7, 11) is 0. The maximum atomic E-state index is 10.7. The highest BCUT2D eigenvalue weighted by Gasteiger charge is 2.09. The van der Waals surface area contributed by atoms with E-state index in [0.717, 1.165) is 15.7 Å². The third-order valence-electron chi connectivity index (χ3n) is 2.16. The van der Waals surface area contributed by atoms with Crippen LogP contribution in [-0.4, -0.2) is 16.1 Å². The number of aromatic nitrogens is 1. The molecule has 6 heteroatoms. The van der Waals surface area contributed by atoms with Crippen molar-refractivity contribution in [3.63, 3.8) is 0 Å². The highest BCUT2D eigenvalue weighted by atomic mass is 79.9. The second-order valence-electron chi connectivity index (χ2n) is 3.43. The number of rotatable bonds is 3. The number of hydrogen-bond donors (Lipinski definition) is 2. The maximum absolute atomic E-state index is 10.7. The van der Waals surface area contributed by atoms with Gasteiger partial charge in [0.2, 0.25) is 0 Å². The molecule has 17 heavy (non-hydrogen) atoms. The Morgan fingerprint density at radius 1 is 1.53 bits per heavy atom. The lowest BCUT2D eigenvalue weighted by molar-refractivity contribution is 0.0691. The van der Waals surface area contributed by atoms with Crippen molar-refractivity contribution in [3.8, 4) is 0 Å². The first kappa shape index (κ1) is 12.1. The van der Waals surface area contributed by atoms with Crippen LogP contribution >= 0.6 is 27.3 Å². The zero-order valence-corrected chi connectivity index (χ0v) is 11.3. The van der Waals surface area contributed by atoms with Crippen LogP contribution in [0.15, 0.2) is 28.1 Å². The molecule has 2 rings (SSSR count). The lowest BCUT2D eigenvalue weighted by Crippen LogP contribution is -1.97. The van der Waals surface area contributed by atoms with E-state index in [-0.39, 0.29) is 5.69 Å². The van der Waals surface area contributed by atoms with Gasteiger partial charge in [-0.05, 0) is 24.6 Å². The molecule has 4 nitrogen and oxygen atoms in total. The van der Waals surface area contributed by atoms with Crippen LogP contribution in [-0.2, 0) is 0 Å². The Labute approximate surface area is 110 Å². The van der Waals surface area contributed by atoms with Crippen LogP contribution in [0.4, 0.5) is 10.8 Å². The van der Waals surface area contributed by atoms with Gasteiger partial charge in [0.05, 0.1) is 0 Å². The van der Waals surface area contributed by atoms with Crippen LogP contribution in [0.25, 0.3) is 0 Å². The first-order chi connectivity index (χ1) is 8.06. The average Bonchev–Trinajstić information content (AvgIpc) is 2.72. The van der Waals surface area contributed by atoms with Crippen molar-refractivity contribution in [2.75, 3.05) is 5.32 Å². The van der Waals surface area contributed by atoms with Crippen molar-refractivity contribution in [3.05, 3.63) is 39.3 Å². The molecule has 0 fully saturated rings. The van der Waals surface area contributed by atoms with E-state index in [1.54, 1.807) is 0 Å². The summed E-state index contributed by atoms with van der Waals surface area (Å²) in [4.78, 5) is 14.7. The minimum Gasteiger partial charge on any atom is -0.476 e. The predicted molar refractivity (Wildman–Crippen MR) is 71.2 cm³/mol. The van der Waals surface area contributed by atoms with Gasteiger partial charge in [-0.3, -0.25) is 0 Å². The number of anilines is 2. The van der Waals surface area contributed by atoms with Gasteiger partial charge in [0.1, 0.15) is 0 Å². The highest BCUT2D eigenvalue weighted by molar-refractivity contribution is 9.10. The monoisotopic (exact) mass is 312 g/mol. The lowest BCUT2D eigenvalue weighted by atomic mass is 10.2. The lowest BCUT2D eigenvalue weighted by Gasteiger charge is -2.06. The molecule has 2 aromatic rings. The zero-order chi connectivity index (χ0) is 12.4. The van der Waals surface area contributed by atoms with Crippen molar-refractivity contribution in [2.24, 2.45) is 0 Å². The normalized spacial score (nSPS) is 10.2. The fourth-order valence-corrected chi connectivity index (χ4v) is 2.33. The topological polar surface area (TPSA) is 62.2 Å². The Hall–Kier alpha value is -1.40. The van der Waals surface area contributed by atoms with Crippen LogP contribution in [0.2, 0.25) is 0 Å². The molecular weight excluding hydrogens is 304 g/mol. The number of aromatic carboxylic acids is 1. The van der Waals surface area contributed by atoms with E-state index in [9.17, 15) is 4.79 Å². The molecule has 88 valence electrons. The van der Waals surface area contributed by atoms with Crippen LogP contribution in [0, 0.1) is 6.92 Å². The van der Waals surface area contributed by atoms with Gasteiger partial charge in [0.15, 0.2) is 10.8 Å². The van der Waals surface area contributed by atoms with Crippen LogP contribution in [0.1, 0.15) is 16.1 Å². The Kier molecular flexibility index (Phi) is 3.44. The van der Waals surface area contributed by atoms with Crippen molar-refractivity contribution >= 4 is 44.1 Å². The number of carboxylic acids is 1. The smallest absolute Gasteiger partial charge is 0.355 e. The number of aryl methyl sites for hydroxylation is 1. The molecule has 0 amide bonds. The van der Waals surface area contributed by atoms with Gasteiger partial charge in [-0.15, -0.1) is 11.3 Å². The third kappa shape index (κ3) is 2.83. The van der Waals surface area contributed by atoms with Gasteiger partial charge in [-0.1, -0.05) is 22.0 Å². The van der Waals surface area contributed by atoms with Gasteiger partial charge in [0, 0.05) is 15.5 Å². The quantitative estimate of drug-likeness (QED) is 0.908. The molecule has 0 spiro atoms. The fraction of sp³-hybridized carbons (Fsp3) is 0.0909. The summed E-state index contributed by atoms with van der Waals surface area (Å²) >= 11 is 4.66. The number of carbonyl (C=O) groups is 1. The van der Waals surface area contributed by atoms with Gasteiger partial charge in [-0.2, -0.15) is 0 Å². The molecule has 2 N–H and O–H groups in total. The molecule has 0 saturated carbocycles. The van der Waals surface area contributed by atoms with Crippen LogP contribution < -0.4 is 5.32 Å². The predicted octanol–water partition coefficient (Wildman–Crippen LogP) is 3.66. The Balaban J connectivity index is 2.25. The number of benzene rings is 1. The van der Waals surface area contributed by atoms with Crippen molar-refractivity contribution < 1.29 is 9.90 Å². The highest BCUT2D eigenvalue weighted by Crippen LogP contribution is 2.26. The summed E-state index contributed by atoms with van der Waals surface area (Å²) in [5.74, 6) is -1.01. The van der Waals surface area contributed by atoms with Crippen LogP contribution in [0.5, 0.6) is 0 Å². The molecule has 0 aliphatic heterocycles. The third-order valence-corrected chi connectivity index (χ3v) is 3.42. The SMILES string of the molecule is Cc1ccc(Br)cc1Nc1nc(C(=O)O)cs1. The second kappa shape index (κ2) is 4.85. The van der Waals surface area contributed by atoms with E-state index >= 15 is 0 Å². The van der Waals surface area contributed by atoms with Gasteiger partial charge >= 0.3 is 5.97 Å². The van der Waals surface area contributed by atoms with Gasteiger partial charge < -0.3 is 10.4 Å². The van der Waals surface area contributed by atoms with Crippen molar-refractivity contribution in [2.45, 2.75) is 6.92 Å². The summed E-state index contributed by atoms with van der Waals surface area (Å²) in [6.45, 7) is 1.97. The first-order valence-corrected chi connectivity index (χ1v) is 6.45. The molecule has 0 aliphatic carbocycles. The Bertz CT molecular complexity index is 568. The summed E-state index contributed by atoms with van der Waals surface area (Å²) in [6, 6.07) is 5.85. The number of carboxylic acid groups (broad SMARTS) is 1. The summed E-state index contributed by atoms with van der Waals surface area (Å²) in [5, 5.41) is 14.0. The largest absolute Gasteiger partial charge is 0.476 e. The standard InChI is InChI=1S/C11H9BrN2O2S/c1-6-2-3-7(12)4-8(6)13-11-14-9(5-17-11)10(15)16/h2-5H,1H3,(H,13,14)(H,15,16). The van der Waals surface area contributed by atoms with E-state index < -0.39 is 5.97 Å². The summed E-state index contributed by atoms with van der Waals surface area (Å²) in [5.41, 5.74) is 2.04. The fourth-order valence-electron chi connectivity index (χ4n) is 1.27. The van der Waals surface area contributed by atoms with E-state index in [0.29, 0.717) is 5.13 Å². The van der Waals surface area contributed by atoms with Crippen molar-refractivity contribution in [1.29, 1.82) is 0 Å². The molecule has 0 bridgehead atoms. The number of nitrogens with zero attached hydrogens (tertiary/aromatic N) is 1. The van der Waals surface area contributed by atoms with Crippen LogP contribution in [0.3, 0.4) is 0 Å². The Morgan fingerprint density at radius 3 is 2.94 bits per heavy atom.